The van der Waals surface area contributed by atoms with Crippen molar-refractivity contribution in [1.82, 2.24) is 9.97 Å². The molecular formula is C15H18FN5O4. The average molecular weight is 351 g/mol. The zero-order valence-electron chi connectivity index (χ0n) is 13.6. The molecular weight excluding hydrogens is 333 g/mol. The highest BCUT2D eigenvalue weighted by Gasteiger charge is 2.29. The number of hydrogen-bond acceptors (Lipinski definition) is 8. The zero-order chi connectivity index (χ0) is 17.4. The highest BCUT2D eigenvalue weighted by Crippen LogP contribution is 2.33. The van der Waals surface area contributed by atoms with Gasteiger partial charge in [0.15, 0.2) is 5.58 Å². The molecule has 0 spiro atoms. The van der Waals surface area contributed by atoms with Gasteiger partial charge in [0.25, 0.3) is 6.01 Å². The van der Waals surface area contributed by atoms with Gasteiger partial charge in [0.2, 0.25) is 11.5 Å². The standard InChI is InChI=1S/C15H18FN5O4/c16-10-1-3-19(4-2-10)14-11(21(22)23)9-12-13(17-14)18-15(25-12)20-5-7-24-8-6-20/h9-10H,1-8H2. The fourth-order valence-electron chi connectivity index (χ4n) is 3.15. The minimum absolute atomic E-state index is 0.144. The SMILES string of the molecule is O=[N+]([O-])c1cc2oc(N3CCOCC3)nc2nc1N1CCC(F)CC1. The number of nitro groups is 1. The van der Waals surface area contributed by atoms with E-state index in [1.165, 1.54) is 6.07 Å². The van der Waals surface area contributed by atoms with E-state index in [0.29, 0.717) is 63.9 Å². The van der Waals surface area contributed by atoms with Crippen molar-refractivity contribution in [2.24, 2.45) is 0 Å². The first-order valence-electron chi connectivity index (χ1n) is 8.29. The van der Waals surface area contributed by atoms with E-state index >= 15 is 0 Å². The third kappa shape index (κ3) is 3.09. The molecule has 0 aromatic carbocycles. The number of piperidine rings is 1. The van der Waals surface area contributed by atoms with Crippen LogP contribution < -0.4 is 9.80 Å². The number of oxazole rings is 1. The Kier molecular flexibility index (Phi) is 4.12. The van der Waals surface area contributed by atoms with Crippen molar-refractivity contribution in [2.45, 2.75) is 19.0 Å². The number of pyridine rings is 1. The lowest BCUT2D eigenvalue weighted by atomic mass is 10.1. The van der Waals surface area contributed by atoms with E-state index in [1.54, 1.807) is 4.90 Å². The molecule has 2 aromatic heterocycles. The molecule has 9 nitrogen and oxygen atoms in total. The van der Waals surface area contributed by atoms with Crippen LogP contribution in [0.5, 0.6) is 0 Å². The van der Waals surface area contributed by atoms with Crippen molar-refractivity contribution in [2.75, 3.05) is 49.2 Å². The van der Waals surface area contributed by atoms with Gasteiger partial charge in [0, 0.05) is 26.2 Å². The Bertz CT molecular complexity index is 784. The number of anilines is 2. The summed E-state index contributed by atoms with van der Waals surface area (Å²) in [4.78, 5) is 23.4. The first-order chi connectivity index (χ1) is 12.1. The topological polar surface area (TPSA) is 97.8 Å². The molecule has 0 aliphatic carbocycles. The summed E-state index contributed by atoms with van der Waals surface area (Å²) in [5.41, 5.74) is 0.455. The van der Waals surface area contributed by atoms with E-state index in [0.717, 1.165) is 0 Å². The number of fused-ring (bicyclic) bond motifs is 1. The van der Waals surface area contributed by atoms with Gasteiger partial charge in [-0.3, -0.25) is 10.1 Å². The van der Waals surface area contributed by atoms with Crippen LogP contribution in [0.2, 0.25) is 0 Å². The summed E-state index contributed by atoms with van der Waals surface area (Å²) >= 11 is 0. The molecule has 4 rings (SSSR count). The summed E-state index contributed by atoms with van der Waals surface area (Å²) in [5, 5.41) is 11.5. The number of hydrogen-bond donors (Lipinski definition) is 0. The number of aromatic nitrogens is 2. The predicted octanol–water partition coefficient (Wildman–Crippen LogP) is 1.91. The Morgan fingerprint density at radius 2 is 1.88 bits per heavy atom. The summed E-state index contributed by atoms with van der Waals surface area (Å²) in [6, 6.07) is 1.75. The minimum atomic E-state index is -0.862. The van der Waals surface area contributed by atoms with Crippen LogP contribution in [0, 0.1) is 10.1 Å². The smallest absolute Gasteiger partial charge is 0.315 e. The van der Waals surface area contributed by atoms with Gasteiger partial charge < -0.3 is 19.0 Å². The van der Waals surface area contributed by atoms with Crippen molar-refractivity contribution in [1.29, 1.82) is 0 Å². The van der Waals surface area contributed by atoms with Gasteiger partial charge >= 0.3 is 5.69 Å². The van der Waals surface area contributed by atoms with Gasteiger partial charge in [0.05, 0.1) is 24.2 Å². The molecule has 0 radical (unpaired) electrons. The number of rotatable bonds is 3. The monoisotopic (exact) mass is 351 g/mol. The Labute approximate surface area is 142 Å². The molecule has 2 aliphatic heterocycles. The van der Waals surface area contributed by atoms with Crippen LogP contribution >= 0.6 is 0 Å². The Balaban J connectivity index is 1.71. The average Bonchev–Trinajstić information content (AvgIpc) is 3.05. The number of alkyl halides is 1. The Hall–Kier alpha value is -2.49. The van der Waals surface area contributed by atoms with E-state index < -0.39 is 11.1 Å². The van der Waals surface area contributed by atoms with E-state index in [-0.39, 0.29) is 17.1 Å². The second kappa shape index (κ2) is 6.43. The van der Waals surface area contributed by atoms with Crippen molar-refractivity contribution in [3.05, 3.63) is 16.2 Å². The number of nitrogens with zero attached hydrogens (tertiary/aromatic N) is 5. The van der Waals surface area contributed by atoms with Gasteiger partial charge in [-0.2, -0.15) is 4.98 Å². The summed E-state index contributed by atoms with van der Waals surface area (Å²) in [5.74, 6) is 0.228. The van der Waals surface area contributed by atoms with Gasteiger partial charge in [-0.05, 0) is 12.8 Å². The molecule has 0 bridgehead atoms. The minimum Gasteiger partial charge on any atom is -0.421 e. The molecule has 2 saturated heterocycles. The molecule has 2 fully saturated rings. The van der Waals surface area contributed by atoms with Crippen LogP contribution in [-0.4, -0.2) is 60.5 Å². The molecule has 4 heterocycles. The molecule has 134 valence electrons. The fraction of sp³-hybridized carbons (Fsp3) is 0.600. The van der Waals surface area contributed by atoms with Crippen LogP contribution in [0.15, 0.2) is 10.5 Å². The molecule has 0 amide bonds. The predicted molar refractivity (Wildman–Crippen MR) is 87.8 cm³/mol. The van der Waals surface area contributed by atoms with Gasteiger partial charge in [-0.25, -0.2) is 9.37 Å². The van der Waals surface area contributed by atoms with Crippen molar-refractivity contribution < 1.29 is 18.5 Å². The maximum atomic E-state index is 13.4. The number of ether oxygens (including phenoxy) is 1. The lowest BCUT2D eigenvalue weighted by molar-refractivity contribution is -0.384. The Morgan fingerprint density at radius 1 is 1.16 bits per heavy atom. The normalized spacial score (nSPS) is 19.6. The van der Waals surface area contributed by atoms with Crippen LogP contribution in [0.4, 0.5) is 21.9 Å². The summed E-state index contributed by atoms with van der Waals surface area (Å²) in [7, 11) is 0. The van der Waals surface area contributed by atoms with Crippen LogP contribution in [0.3, 0.4) is 0 Å². The first kappa shape index (κ1) is 16.0. The van der Waals surface area contributed by atoms with E-state index in [1.807, 2.05) is 4.90 Å². The molecule has 0 N–H and O–H groups in total. The molecule has 0 saturated carbocycles. The lowest BCUT2D eigenvalue weighted by Gasteiger charge is -2.28. The largest absolute Gasteiger partial charge is 0.421 e. The van der Waals surface area contributed by atoms with Gasteiger partial charge in [-0.1, -0.05) is 0 Å². The second-order valence-corrected chi connectivity index (χ2v) is 6.17. The maximum Gasteiger partial charge on any atom is 0.315 e. The summed E-state index contributed by atoms with van der Waals surface area (Å²) in [6.07, 6.45) is -0.178. The highest BCUT2D eigenvalue weighted by atomic mass is 19.1. The van der Waals surface area contributed by atoms with Crippen LogP contribution in [0.25, 0.3) is 11.2 Å². The van der Waals surface area contributed by atoms with E-state index in [9.17, 15) is 14.5 Å². The van der Waals surface area contributed by atoms with Gasteiger partial charge in [0.1, 0.15) is 6.17 Å². The summed E-state index contributed by atoms with van der Waals surface area (Å²) < 4.78 is 24.3. The third-order valence-electron chi connectivity index (χ3n) is 4.53. The maximum absolute atomic E-state index is 13.4. The molecule has 2 aromatic rings. The van der Waals surface area contributed by atoms with Crippen molar-refractivity contribution in [3.8, 4) is 0 Å². The van der Waals surface area contributed by atoms with Gasteiger partial charge in [-0.15, -0.1) is 0 Å². The molecule has 0 unspecified atom stereocenters. The zero-order valence-corrected chi connectivity index (χ0v) is 13.6. The first-order valence-corrected chi connectivity index (χ1v) is 8.29. The highest BCUT2D eigenvalue weighted by molar-refractivity contribution is 5.78. The second-order valence-electron chi connectivity index (χ2n) is 6.17. The molecule has 2 aliphatic rings. The van der Waals surface area contributed by atoms with Crippen molar-refractivity contribution in [3.63, 3.8) is 0 Å². The van der Waals surface area contributed by atoms with E-state index in [4.69, 9.17) is 9.15 Å². The van der Waals surface area contributed by atoms with Crippen molar-refractivity contribution >= 4 is 28.8 Å². The van der Waals surface area contributed by atoms with Crippen LogP contribution in [-0.2, 0) is 4.74 Å². The Morgan fingerprint density at radius 3 is 2.56 bits per heavy atom. The molecule has 25 heavy (non-hydrogen) atoms. The number of morpholine rings is 1. The molecule has 10 heteroatoms. The quantitative estimate of drug-likeness (QED) is 0.611. The summed E-state index contributed by atoms with van der Waals surface area (Å²) in [6.45, 7) is 3.24. The van der Waals surface area contributed by atoms with E-state index in [2.05, 4.69) is 9.97 Å². The number of halogens is 1. The fourth-order valence-corrected chi connectivity index (χ4v) is 3.15. The van der Waals surface area contributed by atoms with Crippen LogP contribution in [0.1, 0.15) is 12.8 Å². The third-order valence-corrected chi connectivity index (χ3v) is 4.53. The molecule has 0 atom stereocenters. The lowest BCUT2D eigenvalue weighted by Crippen LogP contribution is -2.36.